The topological polar surface area (TPSA) is 98.7 Å². The van der Waals surface area contributed by atoms with E-state index in [1.165, 1.54) is 99.4 Å². The molecule has 12 aliphatic carbocycles. The molecule has 3 heterocycles. The average molecular weight is 1230 g/mol. The first kappa shape index (κ1) is 61.4. The smallest absolute Gasteiger partial charge is 0.223 e. The lowest BCUT2D eigenvalue weighted by Crippen LogP contribution is -2.60. The molecule has 0 atom stereocenters. The second-order valence-corrected chi connectivity index (χ2v) is 31.7. The lowest BCUT2D eigenvalue weighted by Gasteiger charge is -2.64. The van der Waals surface area contributed by atoms with Crippen molar-refractivity contribution in [3.05, 3.63) is 174 Å². The van der Waals surface area contributed by atoms with Gasteiger partial charge in [-0.3, -0.25) is 19.4 Å². The van der Waals surface area contributed by atoms with Crippen LogP contribution in [0, 0.1) is 88.8 Å². The summed E-state index contributed by atoms with van der Waals surface area (Å²) in [5.41, 5.74) is 7.67. The van der Waals surface area contributed by atoms with Gasteiger partial charge in [0.2, 0.25) is 17.7 Å². The number of piperazine rings is 1. The highest BCUT2D eigenvalue weighted by Gasteiger charge is 2.63. The summed E-state index contributed by atoms with van der Waals surface area (Å²) in [6, 6.07) is 47.8. The summed E-state index contributed by atoms with van der Waals surface area (Å²) in [6.45, 7) is 15.6. The first-order valence-corrected chi connectivity index (χ1v) is 36.2. The van der Waals surface area contributed by atoms with Crippen molar-refractivity contribution in [1.29, 1.82) is 0 Å². The summed E-state index contributed by atoms with van der Waals surface area (Å²) in [5, 5.41) is 6.31. The van der Waals surface area contributed by atoms with Gasteiger partial charge in [0, 0.05) is 104 Å². The van der Waals surface area contributed by atoms with Crippen LogP contribution in [0.15, 0.2) is 151 Å². The number of benzene rings is 4. The molecule has 13 aliphatic rings. The molecule has 9 nitrogen and oxygen atoms in total. The summed E-state index contributed by atoms with van der Waals surface area (Å²) < 4.78 is 0. The molecule has 3 amide bonds. The van der Waals surface area contributed by atoms with E-state index in [1.54, 1.807) is 11.3 Å². The number of carbonyl (C=O) groups excluding carboxylic acids is 3. The Hall–Kier alpha value is -6.13. The molecule has 13 fully saturated rings. The lowest BCUT2D eigenvalue weighted by atomic mass is 9.41. The minimum atomic E-state index is -0.00421. The largest absolute Gasteiger partial charge is 0.368 e. The summed E-state index contributed by atoms with van der Waals surface area (Å²) >= 11 is 1.64. The fourth-order valence-corrected chi connectivity index (χ4v) is 22.9. The molecule has 12 bridgehead atoms. The zero-order valence-corrected chi connectivity index (χ0v) is 55.5. The predicted octanol–water partition coefficient (Wildman–Crippen LogP) is 16.1. The summed E-state index contributed by atoms with van der Waals surface area (Å²) in [6.07, 6.45) is 21.5. The molecule has 0 spiro atoms. The molecule has 6 aromatic rings. The molecule has 19 rings (SSSR count). The first-order valence-electron chi connectivity index (χ1n) is 35.3. The number of nitrogens with zero attached hydrogens (tertiary/aromatic N) is 5. The number of amides is 3. The van der Waals surface area contributed by atoms with Gasteiger partial charge in [-0.15, -0.1) is 11.3 Å². The van der Waals surface area contributed by atoms with Crippen molar-refractivity contribution in [2.24, 2.45) is 88.8 Å². The number of hydrogen-bond acceptors (Lipinski definition) is 7. The monoisotopic (exact) mass is 1220 g/mol. The molecule has 1 aliphatic heterocycles. The van der Waals surface area contributed by atoms with Gasteiger partial charge in [0.1, 0.15) is 5.01 Å². The second-order valence-electron chi connectivity index (χ2n) is 30.9. The van der Waals surface area contributed by atoms with Crippen molar-refractivity contribution in [1.82, 2.24) is 25.1 Å². The number of aromatic nitrogens is 2. The Kier molecular flexibility index (Phi) is 17.3. The second kappa shape index (κ2) is 25.4. The van der Waals surface area contributed by atoms with Gasteiger partial charge in [0.15, 0.2) is 0 Å². The van der Waals surface area contributed by atoms with Crippen LogP contribution in [-0.4, -0.2) is 76.8 Å². The number of carbonyl (C=O) groups is 3. The van der Waals surface area contributed by atoms with E-state index in [-0.39, 0.29) is 28.2 Å². The lowest BCUT2D eigenvalue weighted by molar-refractivity contribution is -0.143. The van der Waals surface area contributed by atoms with E-state index in [1.807, 2.05) is 42.5 Å². The van der Waals surface area contributed by atoms with E-state index in [9.17, 15) is 14.4 Å². The Balaban J connectivity index is 0.000000119. The third-order valence-corrected chi connectivity index (χ3v) is 28.0. The molecule has 10 heteroatoms. The van der Waals surface area contributed by atoms with Crippen LogP contribution in [0.2, 0.25) is 0 Å². The maximum absolute atomic E-state index is 13.8. The van der Waals surface area contributed by atoms with Crippen LogP contribution in [0.25, 0.3) is 10.6 Å². The van der Waals surface area contributed by atoms with Crippen molar-refractivity contribution >= 4 is 34.7 Å². The van der Waals surface area contributed by atoms with Crippen LogP contribution >= 0.6 is 11.3 Å². The Bertz CT molecular complexity index is 3330. The van der Waals surface area contributed by atoms with E-state index in [4.69, 9.17) is 4.98 Å². The van der Waals surface area contributed by atoms with Gasteiger partial charge in [-0.05, 0) is 208 Å². The van der Waals surface area contributed by atoms with Crippen LogP contribution in [0.3, 0.4) is 0 Å². The SMILES string of the molecule is CC1C2CC3CC1CC(C2)C3(CC(=O)N(C)C(C)C)c1ccccc1.CC1C2CC3CC1CC(C2)C3(CC(=O)N1CCN(c2ccncc2)CC1)c1ccccc1.CC1C2CC3CC1CC(C2)C3(CC(=O)NCc1csc(-c2ccccc2)n1)c1ccccc1. The number of hydrogen-bond donors (Lipinski definition) is 1. The Morgan fingerprint density at radius 1 is 0.522 bits per heavy atom. The molecule has 474 valence electrons. The van der Waals surface area contributed by atoms with Crippen LogP contribution in [-0.2, 0) is 37.2 Å². The van der Waals surface area contributed by atoms with E-state index in [2.05, 4.69) is 175 Å². The molecule has 1 N–H and O–H groups in total. The zero-order valence-electron chi connectivity index (χ0n) is 54.7. The molecular weight excluding hydrogens is 1120 g/mol. The molecule has 2 aromatic heterocycles. The molecule has 0 unspecified atom stereocenters. The fraction of sp³-hybridized carbons (Fsp3) is 0.562. The maximum Gasteiger partial charge on any atom is 0.223 e. The fourth-order valence-electron chi connectivity index (χ4n) is 22.0. The van der Waals surface area contributed by atoms with E-state index >= 15 is 0 Å². The number of rotatable bonds is 14. The Morgan fingerprint density at radius 3 is 1.30 bits per heavy atom. The van der Waals surface area contributed by atoms with Crippen molar-refractivity contribution in [2.45, 2.75) is 160 Å². The van der Waals surface area contributed by atoms with Gasteiger partial charge in [-0.25, -0.2) is 4.98 Å². The van der Waals surface area contributed by atoms with Crippen molar-refractivity contribution in [3.63, 3.8) is 0 Å². The molecular formula is C80H100N6O3S. The minimum Gasteiger partial charge on any atom is -0.368 e. The molecule has 90 heavy (non-hydrogen) atoms. The van der Waals surface area contributed by atoms with Crippen molar-refractivity contribution in [3.8, 4) is 10.6 Å². The van der Waals surface area contributed by atoms with Crippen molar-refractivity contribution in [2.75, 3.05) is 38.1 Å². The third kappa shape index (κ3) is 11.2. The predicted molar refractivity (Wildman–Crippen MR) is 363 cm³/mol. The van der Waals surface area contributed by atoms with E-state index in [0.29, 0.717) is 73.1 Å². The Morgan fingerprint density at radius 2 is 0.900 bits per heavy atom. The molecule has 12 saturated carbocycles. The van der Waals surface area contributed by atoms with Crippen LogP contribution < -0.4 is 10.2 Å². The molecule has 0 radical (unpaired) electrons. The third-order valence-electron chi connectivity index (χ3n) is 27.0. The summed E-state index contributed by atoms with van der Waals surface area (Å²) in [5.74, 6) is 12.8. The van der Waals surface area contributed by atoms with Crippen LogP contribution in [0.4, 0.5) is 5.69 Å². The number of anilines is 1. The van der Waals surface area contributed by atoms with Gasteiger partial charge >= 0.3 is 0 Å². The van der Waals surface area contributed by atoms with Gasteiger partial charge in [-0.1, -0.05) is 142 Å². The standard InChI is InChI=1S/C29H32N2OS.C28H35N3O.C23H33NO/c1-19-21-12-24-14-22(19)15-25(13-21)29(24,23-10-6-3-7-11-23)16-27(32)30-17-26-18-33-28(31-26)20-8-4-2-5-9-20;1-20-21-15-24-17-22(20)18-25(16-21)28(24,23-5-3-2-4-6-23)19-27(32)31-13-11-30(12-14-31)26-7-9-29-10-8-26;1-15(2)24(4)22(25)14-23(19-8-6-5-7-9-19)20-10-17-11-21(23)13-18(12-20)16(17)3/h2-11,18-19,21-22,24-25H,12-17H2,1H3,(H,30,32);2-10,20-22,24-25H,11-19H2,1H3;5-9,15-18,20-21H,10-14H2,1-4H3. The first-order chi connectivity index (χ1) is 43.7. The molecule has 4 aromatic carbocycles. The van der Waals surface area contributed by atoms with Gasteiger partial charge in [0.05, 0.1) is 12.2 Å². The highest BCUT2D eigenvalue weighted by Crippen LogP contribution is 2.69. The van der Waals surface area contributed by atoms with Gasteiger partial charge in [0.25, 0.3) is 0 Å². The zero-order chi connectivity index (χ0) is 61.9. The number of thiazole rings is 1. The van der Waals surface area contributed by atoms with Crippen LogP contribution in [0.1, 0.15) is 153 Å². The quantitative estimate of drug-likeness (QED) is 0.117. The Labute approximate surface area is 542 Å². The highest BCUT2D eigenvalue weighted by molar-refractivity contribution is 7.13. The molecule has 1 saturated heterocycles. The van der Waals surface area contributed by atoms with Gasteiger partial charge in [-0.2, -0.15) is 0 Å². The van der Waals surface area contributed by atoms with Crippen LogP contribution in [0.5, 0.6) is 0 Å². The van der Waals surface area contributed by atoms with Gasteiger partial charge < -0.3 is 20.0 Å². The van der Waals surface area contributed by atoms with E-state index in [0.717, 1.165) is 95.7 Å². The minimum absolute atomic E-state index is 0.00421. The summed E-state index contributed by atoms with van der Waals surface area (Å²) in [7, 11) is 1.98. The summed E-state index contributed by atoms with van der Waals surface area (Å²) in [4.78, 5) is 55.7. The van der Waals surface area contributed by atoms with Crippen molar-refractivity contribution < 1.29 is 14.4 Å². The van der Waals surface area contributed by atoms with E-state index < -0.39 is 0 Å². The normalized spacial score (nSPS) is 35.3. The highest BCUT2D eigenvalue weighted by atomic mass is 32.1. The number of pyridine rings is 1. The maximum atomic E-state index is 13.8. The number of nitrogens with one attached hydrogen (secondary N) is 1. The average Bonchev–Trinajstić information content (AvgIpc) is 0.995.